The van der Waals surface area contributed by atoms with Crippen molar-refractivity contribution in [2.24, 2.45) is 16.8 Å². The Morgan fingerprint density at radius 3 is 2.30 bits per heavy atom. The third-order valence-electron chi connectivity index (χ3n) is 10.1. The SMILES string of the molecule is CCC1=C(C)C(Cc2[nH]c(Cc3[nH]c(CC4NC(=O)[C@H](C)[C@H]4[C@@H](C)S)c(C)c3CCC(=O)O)c([C@H]3CC3(O)O)c2C)=NC1=O. The third-order valence-corrected chi connectivity index (χ3v) is 10.4. The Kier molecular flexibility index (Phi) is 8.78. The summed E-state index contributed by atoms with van der Waals surface area (Å²) in [6.07, 6.45) is 2.53. The molecule has 2 fully saturated rings. The molecule has 1 aliphatic carbocycles. The second-order valence-electron chi connectivity index (χ2n) is 12.9. The quantitative estimate of drug-likeness (QED) is 0.141. The molecule has 0 radical (unpaired) electrons. The van der Waals surface area contributed by atoms with Gasteiger partial charge in [0.05, 0.1) is 5.71 Å². The molecule has 238 valence electrons. The molecule has 44 heavy (non-hydrogen) atoms. The summed E-state index contributed by atoms with van der Waals surface area (Å²) in [7, 11) is 0. The molecule has 2 aromatic heterocycles. The maximum Gasteiger partial charge on any atom is 0.303 e. The zero-order chi connectivity index (χ0) is 32.2. The van der Waals surface area contributed by atoms with E-state index in [9.17, 15) is 29.7 Å². The van der Waals surface area contributed by atoms with Crippen LogP contribution in [-0.2, 0) is 40.1 Å². The van der Waals surface area contributed by atoms with Gasteiger partial charge in [-0.2, -0.15) is 12.6 Å². The summed E-state index contributed by atoms with van der Waals surface area (Å²) in [5, 5.41) is 33.6. The van der Waals surface area contributed by atoms with E-state index in [1.54, 1.807) is 0 Å². The number of thiol groups is 1. The van der Waals surface area contributed by atoms with Gasteiger partial charge in [0.25, 0.3) is 5.91 Å². The number of aliphatic hydroxyl groups is 2. The highest BCUT2D eigenvalue weighted by Gasteiger charge is 2.54. The lowest BCUT2D eigenvalue weighted by atomic mass is 9.86. The van der Waals surface area contributed by atoms with E-state index in [1.807, 2.05) is 41.5 Å². The number of aliphatic imine (C=N–C) groups is 1. The molecule has 3 aliphatic rings. The number of carboxylic acid groups (broad SMARTS) is 1. The Hall–Kier alpha value is -3.15. The number of nitrogens with zero attached hydrogens (tertiary/aromatic N) is 1. The van der Waals surface area contributed by atoms with Crippen LogP contribution in [0.1, 0.15) is 97.9 Å². The van der Waals surface area contributed by atoms with Crippen LogP contribution in [-0.4, -0.2) is 65.9 Å². The van der Waals surface area contributed by atoms with Gasteiger partial charge in [-0.3, -0.25) is 14.4 Å². The van der Waals surface area contributed by atoms with E-state index in [1.165, 1.54) is 0 Å². The maximum absolute atomic E-state index is 12.6. The zero-order valence-corrected chi connectivity index (χ0v) is 27.2. The molecule has 6 N–H and O–H groups in total. The van der Waals surface area contributed by atoms with Crippen molar-refractivity contribution in [2.45, 2.75) is 109 Å². The Bertz CT molecular complexity index is 1580. The van der Waals surface area contributed by atoms with Crippen molar-refractivity contribution in [1.82, 2.24) is 15.3 Å². The van der Waals surface area contributed by atoms with Crippen LogP contribution in [0.2, 0.25) is 0 Å². The molecule has 0 aromatic carbocycles. The van der Waals surface area contributed by atoms with Crippen LogP contribution >= 0.6 is 12.6 Å². The molecule has 2 amide bonds. The minimum atomic E-state index is -1.79. The van der Waals surface area contributed by atoms with Gasteiger partial charge in [0.15, 0.2) is 5.79 Å². The fraction of sp³-hybridized carbons (Fsp3) is 0.576. The van der Waals surface area contributed by atoms with Crippen molar-refractivity contribution in [3.63, 3.8) is 0 Å². The number of allylic oxidation sites excluding steroid dienone is 1. The molecule has 1 saturated carbocycles. The number of H-pyrrole nitrogens is 2. The van der Waals surface area contributed by atoms with Crippen molar-refractivity contribution >= 4 is 36.1 Å². The first-order valence-electron chi connectivity index (χ1n) is 15.5. The topological polar surface area (TPSA) is 168 Å². The first kappa shape index (κ1) is 32.2. The predicted molar refractivity (Wildman–Crippen MR) is 170 cm³/mol. The average Bonchev–Trinajstić information content (AvgIpc) is 3.15. The first-order valence-corrected chi connectivity index (χ1v) is 16.0. The van der Waals surface area contributed by atoms with Gasteiger partial charge in [-0.15, -0.1) is 0 Å². The van der Waals surface area contributed by atoms with Crippen molar-refractivity contribution in [3.8, 4) is 0 Å². The second kappa shape index (κ2) is 12.0. The number of carbonyl (C=O) groups is 3. The van der Waals surface area contributed by atoms with Crippen LogP contribution in [0.3, 0.4) is 0 Å². The highest BCUT2D eigenvalue weighted by molar-refractivity contribution is 7.80. The number of rotatable bonds is 12. The number of carbonyl (C=O) groups excluding carboxylic acids is 2. The summed E-state index contributed by atoms with van der Waals surface area (Å²) >= 11 is 4.67. The Balaban J connectivity index is 1.51. The van der Waals surface area contributed by atoms with Gasteiger partial charge < -0.3 is 30.6 Å². The van der Waals surface area contributed by atoms with E-state index < -0.39 is 17.7 Å². The molecule has 0 bridgehead atoms. The molecular formula is C33H44N4O6S. The largest absolute Gasteiger partial charge is 0.481 e. The van der Waals surface area contributed by atoms with E-state index in [0.29, 0.717) is 37.8 Å². The highest BCUT2D eigenvalue weighted by Crippen LogP contribution is 2.52. The lowest BCUT2D eigenvalue weighted by molar-refractivity contribution is -0.137. The molecule has 11 heteroatoms. The molecule has 0 spiro atoms. The Morgan fingerprint density at radius 1 is 1.07 bits per heavy atom. The number of carboxylic acids is 1. The number of aromatic amines is 2. The second-order valence-corrected chi connectivity index (χ2v) is 13.8. The zero-order valence-electron chi connectivity index (χ0n) is 26.3. The molecule has 5 rings (SSSR count). The lowest BCUT2D eigenvalue weighted by Gasteiger charge is -2.24. The van der Waals surface area contributed by atoms with Crippen LogP contribution in [0.4, 0.5) is 0 Å². The first-order chi connectivity index (χ1) is 20.6. The fourth-order valence-corrected chi connectivity index (χ4v) is 7.88. The number of hydrogen-bond acceptors (Lipinski definition) is 6. The molecule has 1 saturated heterocycles. The van der Waals surface area contributed by atoms with Crippen molar-refractivity contribution in [1.29, 1.82) is 0 Å². The van der Waals surface area contributed by atoms with Crippen LogP contribution in [0.15, 0.2) is 16.1 Å². The Labute approximate surface area is 263 Å². The lowest BCUT2D eigenvalue weighted by Crippen LogP contribution is -2.34. The summed E-state index contributed by atoms with van der Waals surface area (Å²) in [6, 6.07) is -0.104. The van der Waals surface area contributed by atoms with E-state index >= 15 is 0 Å². The summed E-state index contributed by atoms with van der Waals surface area (Å²) in [4.78, 5) is 48.0. The van der Waals surface area contributed by atoms with Gasteiger partial charge in [-0.05, 0) is 61.4 Å². The fourth-order valence-electron chi connectivity index (χ4n) is 7.42. The number of nitrogens with one attached hydrogen (secondary N) is 3. The number of amides is 2. The van der Waals surface area contributed by atoms with Gasteiger partial charge in [0.1, 0.15) is 0 Å². The normalized spacial score (nSPS) is 25.1. The minimum absolute atomic E-state index is 0.0143. The molecule has 2 aromatic rings. The predicted octanol–water partition coefficient (Wildman–Crippen LogP) is 3.60. The van der Waals surface area contributed by atoms with Gasteiger partial charge in [0.2, 0.25) is 5.91 Å². The third kappa shape index (κ3) is 5.93. The number of aliphatic carboxylic acids is 1. The van der Waals surface area contributed by atoms with Gasteiger partial charge >= 0.3 is 5.97 Å². The van der Waals surface area contributed by atoms with E-state index in [-0.39, 0.29) is 47.8 Å². The summed E-state index contributed by atoms with van der Waals surface area (Å²) in [5.74, 6) is -3.42. The van der Waals surface area contributed by atoms with Gasteiger partial charge in [-0.1, -0.05) is 20.8 Å². The summed E-state index contributed by atoms with van der Waals surface area (Å²) < 4.78 is 0. The monoisotopic (exact) mass is 624 g/mol. The van der Waals surface area contributed by atoms with Crippen molar-refractivity contribution < 1.29 is 29.7 Å². The van der Waals surface area contributed by atoms with Crippen LogP contribution in [0.5, 0.6) is 0 Å². The minimum Gasteiger partial charge on any atom is -0.481 e. The summed E-state index contributed by atoms with van der Waals surface area (Å²) in [5.41, 5.74) is 9.46. The van der Waals surface area contributed by atoms with Crippen LogP contribution in [0.25, 0.3) is 0 Å². The van der Waals surface area contributed by atoms with Crippen molar-refractivity contribution in [2.75, 3.05) is 0 Å². The summed E-state index contributed by atoms with van der Waals surface area (Å²) in [6.45, 7) is 11.7. The molecular weight excluding hydrogens is 580 g/mol. The van der Waals surface area contributed by atoms with Crippen molar-refractivity contribution in [3.05, 3.63) is 56.2 Å². The van der Waals surface area contributed by atoms with Crippen LogP contribution < -0.4 is 5.32 Å². The average molecular weight is 625 g/mol. The molecule has 10 nitrogen and oxygen atoms in total. The smallest absolute Gasteiger partial charge is 0.303 e. The standard InChI is InChI=1S/C33H44N4O6S/c1-7-19-14(2)23(36-32(19)41)10-24-16(4)30(21-13-33(21,42)43)27(35-24)12-25-20(8-9-28(38)39)15(3)22(34-25)11-26-29(18(6)44)17(5)31(40)37-26/h17-18,21,26,29,34-35,42-44H,7-13H2,1-6H3,(H,37,40)(H,38,39)/t17-,18-,21-,26?,29+/m1/s1. The van der Waals surface area contributed by atoms with E-state index in [0.717, 1.165) is 56.2 Å². The Morgan fingerprint density at radius 2 is 1.73 bits per heavy atom. The van der Waals surface area contributed by atoms with E-state index in [4.69, 9.17) is 0 Å². The highest BCUT2D eigenvalue weighted by atomic mass is 32.1. The molecule has 4 heterocycles. The molecule has 5 atom stereocenters. The van der Waals surface area contributed by atoms with E-state index in [2.05, 4.69) is 32.9 Å². The number of aromatic nitrogens is 2. The molecule has 2 aliphatic heterocycles. The van der Waals surface area contributed by atoms with Crippen LogP contribution in [0, 0.1) is 25.7 Å². The molecule has 1 unspecified atom stereocenters. The number of hydrogen-bond donors (Lipinski definition) is 7. The van der Waals surface area contributed by atoms with Gasteiger partial charge in [-0.25, -0.2) is 4.99 Å². The van der Waals surface area contributed by atoms with Gasteiger partial charge in [0, 0.05) is 89.5 Å². The maximum atomic E-state index is 12.6.